The predicted molar refractivity (Wildman–Crippen MR) is 106 cm³/mol. The second-order valence-electron chi connectivity index (χ2n) is 6.46. The molecule has 0 fully saturated rings. The molecule has 0 saturated heterocycles. The van der Waals surface area contributed by atoms with Crippen molar-refractivity contribution in [2.75, 3.05) is 0 Å². The van der Waals surface area contributed by atoms with Gasteiger partial charge in [-0.3, -0.25) is 9.78 Å². The molecule has 4 rings (SSSR count). The van der Waals surface area contributed by atoms with Crippen molar-refractivity contribution < 1.29 is 9.18 Å². The fraction of sp³-hybridized carbons (Fsp3) is 0.136. The highest BCUT2D eigenvalue weighted by molar-refractivity contribution is 5.84. The average molecular weight is 374 g/mol. The van der Waals surface area contributed by atoms with Crippen molar-refractivity contribution in [1.82, 2.24) is 19.9 Å². The molecule has 0 spiro atoms. The summed E-state index contributed by atoms with van der Waals surface area (Å²) in [5.41, 5.74) is 3.22. The van der Waals surface area contributed by atoms with Gasteiger partial charge in [-0.2, -0.15) is 0 Å². The van der Waals surface area contributed by atoms with Gasteiger partial charge in [0.15, 0.2) is 0 Å². The molecule has 5 nitrogen and oxygen atoms in total. The molecule has 1 aromatic carbocycles. The molecule has 0 saturated carbocycles. The Hall–Kier alpha value is -3.54. The minimum Gasteiger partial charge on any atom is -0.352 e. The maximum Gasteiger partial charge on any atom is 0.222 e. The first-order valence-corrected chi connectivity index (χ1v) is 9.07. The van der Waals surface area contributed by atoms with Crippen molar-refractivity contribution in [1.29, 1.82) is 0 Å². The number of rotatable bonds is 6. The first-order chi connectivity index (χ1) is 13.7. The third-order valence-electron chi connectivity index (χ3n) is 4.61. The molecule has 1 amide bonds. The van der Waals surface area contributed by atoms with Crippen LogP contribution in [0.25, 0.3) is 22.3 Å². The fourth-order valence-corrected chi connectivity index (χ4v) is 3.20. The van der Waals surface area contributed by atoms with E-state index in [0.717, 1.165) is 22.3 Å². The quantitative estimate of drug-likeness (QED) is 0.556. The zero-order valence-electron chi connectivity index (χ0n) is 15.2. The van der Waals surface area contributed by atoms with Crippen LogP contribution in [-0.4, -0.2) is 20.4 Å². The van der Waals surface area contributed by atoms with E-state index in [1.807, 2.05) is 28.8 Å². The van der Waals surface area contributed by atoms with Gasteiger partial charge in [-0.1, -0.05) is 18.2 Å². The number of aromatic nitrogens is 3. The van der Waals surface area contributed by atoms with Crippen LogP contribution in [-0.2, 0) is 17.9 Å². The van der Waals surface area contributed by atoms with E-state index in [0.29, 0.717) is 12.1 Å². The Morgan fingerprint density at radius 2 is 1.93 bits per heavy atom. The van der Waals surface area contributed by atoms with Gasteiger partial charge in [-0.15, -0.1) is 0 Å². The number of benzene rings is 1. The summed E-state index contributed by atoms with van der Waals surface area (Å²) in [5, 5.41) is 3.79. The standard InChI is InChI=1S/C22H19FN4O/c23-19-8-2-1-5-17(19)15-26-21(28)9-12-27-20(18-7-3-10-24-14-18)13-16-6-4-11-25-22(16)27/h1-8,10-11,13-14H,9,12,15H2,(H,26,28). The Balaban J connectivity index is 1.51. The Morgan fingerprint density at radius 1 is 1.07 bits per heavy atom. The Bertz CT molecular complexity index is 1110. The molecule has 4 aromatic rings. The number of aryl methyl sites for hydroxylation is 1. The number of carbonyl (C=O) groups is 1. The van der Waals surface area contributed by atoms with E-state index < -0.39 is 0 Å². The molecule has 1 N–H and O–H groups in total. The maximum atomic E-state index is 13.7. The van der Waals surface area contributed by atoms with Crippen LogP contribution in [0.2, 0.25) is 0 Å². The molecular weight excluding hydrogens is 355 g/mol. The molecular formula is C22H19FN4O. The van der Waals surface area contributed by atoms with Gasteiger partial charge >= 0.3 is 0 Å². The number of carbonyl (C=O) groups excluding carboxylic acids is 1. The Labute approximate surface area is 161 Å². The van der Waals surface area contributed by atoms with E-state index in [1.165, 1.54) is 6.07 Å². The number of fused-ring (bicyclic) bond motifs is 1. The lowest BCUT2D eigenvalue weighted by atomic mass is 10.2. The van der Waals surface area contributed by atoms with Gasteiger partial charge in [0, 0.05) is 54.6 Å². The van der Waals surface area contributed by atoms with E-state index in [1.54, 1.807) is 36.8 Å². The Kier molecular flexibility index (Phi) is 5.10. The number of nitrogens with one attached hydrogen (secondary N) is 1. The lowest BCUT2D eigenvalue weighted by Gasteiger charge is -2.11. The highest BCUT2D eigenvalue weighted by Crippen LogP contribution is 2.26. The van der Waals surface area contributed by atoms with Crippen LogP contribution in [0.1, 0.15) is 12.0 Å². The van der Waals surface area contributed by atoms with Crippen molar-refractivity contribution in [2.24, 2.45) is 0 Å². The highest BCUT2D eigenvalue weighted by Gasteiger charge is 2.13. The SMILES string of the molecule is O=C(CCn1c(-c2cccnc2)cc2cccnc21)NCc1ccccc1F. The van der Waals surface area contributed by atoms with Gasteiger partial charge in [0.1, 0.15) is 11.5 Å². The molecule has 3 heterocycles. The number of hydrogen-bond donors (Lipinski definition) is 1. The first kappa shape index (κ1) is 17.9. The summed E-state index contributed by atoms with van der Waals surface area (Å²) in [4.78, 5) is 21.0. The van der Waals surface area contributed by atoms with Crippen LogP contribution in [0, 0.1) is 5.82 Å². The lowest BCUT2D eigenvalue weighted by Crippen LogP contribution is -2.24. The Morgan fingerprint density at radius 3 is 2.75 bits per heavy atom. The molecule has 0 aliphatic heterocycles. The zero-order valence-corrected chi connectivity index (χ0v) is 15.2. The largest absolute Gasteiger partial charge is 0.352 e. The molecule has 0 bridgehead atoms. The smallest absolute Gasteiger partial charge is 0.222 e. The van der Waals surface area contributed by atoms with Gasteiger partial charge in [-0.05, 0) is 36.4 Å². The molecule has 0 aliphatic rings. The molecule has 0 unspecified atom stereocenters. The van der Waals surface area contributed by atoms with Gasteiger partial charge in [0.25, 0.3) is 0 Å². The summed E-state index contributed by atoms with van der Waals surface area (Å²) in [7, 11) is 0. The monoisotopic (exact) mass is 374 g/mol. The second kappa shape index (κ2) is 8.00. The van der Waals surface area contributed by atoms with E-state index >= 15 is 0 Å². The van der Waals surface area contributed by atoms with Crippen LogP contribution >= 0.6 is 0 Å². The minimum absolute atomic E-state index is 0.141. The lowest BCUT2D eigenvalue weighted by molar-refractivity contribution is -0.121. The fourth-order valence-electron chi connectivity index (χ4n) is 3.20. The van der Waals surface area contributed by atoms with Crippen molar-refractivity contribution in [2.45, 2.75) is 19.5 Å². The summed E-state index contributed by atoms with van der Waals surface area (Å²) < 4.78 is 15.7. The molecule has 0 aliphatic carbocycles. The minimum atomic E-state index is -0.317. The van der Waals surface area contributed by atoms with Crippen LogP contribution < -0.4 is 5.32 Å². The number of pyridine rings is 2. The summed E-state index contributed by atoms with van der Waals surface area (Å²) in [6.45, 7) is 0.638. The molecule has 28 heavy (non-hydrogen) atoms. The number of nitrogens with zero attached hydrogens (tertiary/aromatic N) is 3. The van der Waals surface area contributed by atoms with Crippen LogP contribution in [0.15, 0.2) is 73.2 Å². The third kappa shape index (κ3) is 3.76. The summed E-state index contributed by atoms with van der Waals surface area (Å²) in [5.74, 6) is -0.458. The van der Waals surface area contributed by atoms with Crippen molar-refractivity contribution in [3.8, 4) is 11.3 Å². The molecule has 0 radical (unpaired) electrons. The van der Waals surface area contributed by atoms with Crippen molar-refractivity contribution >= 4 is 16.9 Å². The predicted octanol–water partition coefficient (Wildman–Crippen LogP) is 3.94. The zero-order chi connectivity index (χ0) is 19.3. The van der Waals surface area contributed by atoms with E-state index in [4.69, 9.17) is 0 Å². The first-order valence-electron chi connectivity index (χ1n) is 9.07. The maximum absolute atomic E-state index is 13.7. The van der Waals surface area contributed by atoms with Gasteiger partial charge in [-0.25, -0.2) is 9.37 Å². The molecule has 140 valence electrons. The number of hydrogen-bond acceptors (Lipinski definition) is 3. The summed E-state index contributed by atoms with van der Waals surface area (Å²) in [6, 6.07) is 16.2. The van der Waals surface area contributed by atoms with Crippen LogP contribution in [0.4, 0.5) is 4.39 Å². The third-order valence-corrected chi connectivity index (χ3v) is 4.61. The molecule has 0 atom stereocenters. The summed E-state index contributed by atoms with van der Waals surface area (Å²) in [6.07, 6.45) is 5.53. The van der Waals surface area contributed by atoms with E-state index in [2.05, 4.69) is 21.4 Å². The van der Waals surface area contributed by atoms with Gasteiger partial charge < -0.3 is 9.88 Å². The normalized spacial score (nSPS) is 10.9. The average Bonchev–Trinajstić information content (AvgIpc) is 3.11. The number of halogens is 1. The van der Waals surface area contributed by atoms with Crippen molar-refractivity contribution in [3.05, 3.63) is 84.6 Å². The summed E-state index contributed by atoms with van der Waals surface area (Å²) >= 11 is 0. The topological polar surface area (TPSA) is 59.8 Å². The van der Waals surface area contributed by atoms with Crippen LogP contribution in [0.5, 0.6) is 0 Å². The molecule has 3 aromatic heterocycles. The van der Waals surface area contributed by atoms with Gasteiger partial charge in [0.2, 0.25) is 5.91 Å². The molecule has 6 heteroatoms. The van der Waals surface area contributed by atoms with Gasteiger partial charge in [0.05, 0.1) is 5.69 Å². The van der Waals surface area contributed by atoms with Crippen molar-refractivity contribution in [3.63, 3.8) is 0 Å². The van der Waals surface area contributed by atoms with E-state index in [-0.39, 0.29) is 24.7 Å². The van der Waals surface area contributed by atoms with Crippen LogP contribution in [0.3, 0.4) is 0 Å². The van der Waals surface area contributed by atoms with E-state index in [9.17, 15) is 9.18 Å². The highest BCUT2D eigenvalue weighted by atomic mass is 19.1. The number of amides is 1. The second-order valence-corrected chi connectivity index (χ2v) is 6.46.